The Hall–Kier alpha value is -3.33. The summed E-state index contributed by atoms with van der Waals surface area (Å²) in [5, 5.41) is 16.6. The Kier molecular flexibility index (Phi) is 6.22. The first-order valence-electron chi connectivity index (χ1n) is 9.71. The Morgan fingerprint density at radius 2 is 1.97 bits per heavy atom. The van der Waals surface area contributed by atoms with Gasteiger partial charge in [0.2, 0.25) is 0 Å². The number of hydrogen-bond acceptors (Lipinski definition) is 8. The second-order valence-electron chi connectivity index (χ2n) is 7.21. The predicted octanol–water partition coefficient (Wildman–Crippen LogP) is 1.56. The van der Waals surface area contributed by atoms with E-state index in [0.717, 1.165) is 28.1 Å². The molecule has 11 heteroatoms. The zero-order valence-corrected chi connectivity index (χ0v) is 17.5. The van der Waals surface area contributed by atoms with Crippen LogP contribution in [-0.2, 0) is 16.8 Å². The molecule has 0 amide bonds. The number of nitrogens with zero attached hydrogens (tertiary/aromatic N) is 6. The fourth-order valence-electron chi connectivity index (χ4n) is 3.79. The SMILES string of the molecule is N#CC(c1ccc(CS(=O)O)cc1)N1CCN(c2ncnc(N)c2-c2cn[nH]c2)CC1. The molecule has 1 fully saturated rings. The van der Waals surface area contributed by atoms with Gasteiger partial charge in [-0.15, -0.1) is 0 Å². The molecule has 1 aliphatic rings. The highest BCUT2D eigenvalue weighted by atomic mass is 32.2. The van der Waals surface area contributed by atoms with E-state index in [0.29, 0.717) is 32.0 Å². The van der Waals surface area contributed by atoms with Crippen LogP contribution < -0.4 is 10.6 Å². The van der Waals surface area contributed by atoms with E-state index in [4.69, 9.17) is 10.3 Å². The van der Waals surface area contributed by atoms with E-state index < -0.39 is 11.1 Å². The number of aromatic amines is 1. The molecule has 2 unspecified atom stereocenters. The molecule has 4 rings (SSSR count). The molecule has 0 radical (unpaired) electrons. The molecular formula is C20H22N8O2S. The quantitative estimate of drug-likeness (QED) is 0.487. The van der Waals surface area contributed by atoms with Crippen LogP contribution in [0.3, 0.4) is 0 Å². The Labute approximate surface area is 182 Å². The van der Waals surface area contributed by atoms with Gasteiger partial charge in [0, 0.05) is 37.9 Å². The van der Waals surface area contributed by atoms with Crippen LogP contribution in [0.25, 0.3) is 11.1 Å². The Balaban J connectivity index is 1.48. The van der Waals surface area contributed by atoms with E-state index in [2.05, 4.69) is 36.0 Å². The minimum atomic E-state index is -1.88. The van der Waals surface area contributed by atoms with Gasteiger partial charge in [-0.3, -0.25) is 10.00 Å². The molecular weight excluding hydrogens is 416 g/mol. The summed E-state index contributed by atoms with van der Waals surface area (Å²) < 4.78 is 20.0. The maximum Gasteiger partial charge on any atom is 0.157 e. The molecule has 31 heavy (non-hydrogen) atoms. The monoisotopic (exact) mass is 438 g/mol. The van der Waals surface area contributed by atoms with Crippen LogP contribution in [0.5, 0.6) is 0 Å². The lowest BCUT2D eigenvalue weighted by Crippen LogP contribution is -2.48. The lowest BCUT2D eigenvalue weighted by atomic mass is 10.0. The average molecular weight is 439 g/mol. The third-order valence-electron chi connectivity index (χ3n) is 5.33. The highest BCUT2D eigenvalue weighted by Crippen LogP contribution is 2.33. The van der Waals surface area contributed by atoms with Crippen LogP contribution in [-0.4, -0.2) is 60.0 Å². The van der Waals surface area contributed by atoms with Crippen molar-refractivity contribution in [2.24, 2.45) is 0 Å². The minimum Gasteiger partial charge on any atom is -0.383 e. The van der Waals surface area contributed by atoms with Gasteiger partial charge in [0.25, 0.3) is 0 Å². The molecule has 10 nitrogen and oxygen atoms in total. The number of hydrogen-bond donors (Lipinski definition) is 3. The second kappa shape index (κ2) is 9.22. The highest BCUT2D eigenvalue weighted by Gasteiger charge is 2.27. The van der Waals surface area contributed by atoms with Crippen molar-refractivity contribution in [3.05, 3.63) is 54.1 Å². The summed E-state index contributed by atoms with van der Waals surface area (Å²) in [6.45, 7) is 2.72. The molecule has 0 saturated carbocycles. The molecule has 1 saturated heterocycles. The van der Waals surface area contributed by atoms with E-state index >= 15 is 0 Å². The van der Waals surface area contributed by atoms with Crippen molar-refractivity contribution >= 4 is 22.7 Å². The lowest BCUT2D eigenvalue weighted by molar-refractivity contribution is 0.222. The van der Waals surface area contributed by atoms with Crippen LogP contribution in [0.2, 0.25) is 0 Å². The highest BCUT2D eigenvalue weighted by molar-refractivity contribution is 7.78. The standard InChI is InChI=1S/C20H22N8O2S/c21-9-17(15-3-1-14(2-4-15)12-31(29)30)27-5-7-28(8-6-27)20-18(16-10-25-26-11-16)19(22)23-13-24-20/h1-4,10-11,13,17H,5-8,12H2,(H,25,26)(H,29,30)(H2,22,23,24). The summed E-state index contributed by atoms with van der Waals surface area (Å²) in [4.78, 5) is 12.9. The number of piperazine rings is 1. The number of anilines is 2. The average Bonchev–Trinajstić information content (AvgIpc) is 3.30. The molecule has 0 aliphatic carbocycles. The third-order valence-corrected chi connectivity index (χ3v) is 5.91. The fourth-order valence-corrected chi connectivity index (χ4v) is 4.27. The summed E-state index contributed by atoms with van der Waals surface area (Å²) in [6, 6.07) is 9.29. The first-order chi connectivity index (χ1) is 15.1. The zero-order chi connectivity index (χ0) is 21.8. The number of aromatic nitrogens is 4. The van der Waals surface area contributed by atoms with Gasteiger partial charge in [-0.25, -0.2) is 14.2 Å². The molecule has 1 aliphatic heterocycles. The van der Waals surface area contributed by atoms with Gasteiger partial charge in [0.05, 0.1) is 23.6 Å². The molecule has 1 aromatic carbocycles. The lowest BCUT2D eigenvalue weighted by Gasteiger charge is -2.38. The molecule has 3 heterocycles. The molecule has 160 valence electrons. The molecule has 3 aromatic rings. The van der Waals surface area contributed by atoms with Crippen LogP contribution in [0.15, 0.2) is 43.0 Å². The Morgan fingerprint density at radius 1 is 1.23 bits per heavy atom. The number of nitrogen functional groups attached to an aromatic ring is 1. The van der Waals surface area contributed by atoms with Gasteiger partial charge in [-0.2, -0.15) is 10.4 Å². The Morgan fingerprint density at radius 3 is 2.58 bits per heavy atom. The third kappa shape index (κ3) is 4.56. The first-order valence-corrected chi connectivity index (χ1v) is 11.0. The molecule has 4 N–H and O–H groups in total. The normalized spacial score (nSPS) is 16.6. The van der Waals surface area contributed by atoms with Crippen molar-refractivity contribution in [1.82, 2.24) is 25.1 Å². The largest absolute Gasteiger partial charge is 0.383 e. The van der Waals surface area contributed by atoms with Crippen molar-refractivity contribution in [3.8, 4) is 17.2 Å². The summed E-state index contributed by atoms with van der Waals surface area (Å²) in [5.41, 5.74) is 9.34. The van der Waals surface area contributed by atoms with Crippen LogP contribution in [0.4, 0.5) is 11.6 Å². The summed E-state index contributed by atoms with van der Waals surface area (Å²) in [5.74, 6) is 1.23. The number of H-pyrrole nitrogens is 1. The Bertz CT molecular complexity index is 1090. The maximum atomic E-state index is 11.0. The maximum absolute atomic E-state index is 11.0. The van der Waals surface area contributed by atoms with Gasteiger partial charge in [0.15, 0.2) is 11.1 Å². The summed E-state index contributed by atoms with van der Waals surface area (Å²) in [6.07, 6.45) is 4.91. The smallest absolute Gasteiger partial charge is 0.157 e. The topological polar surface area (TPSA) is 148 Å². The summed E-state index contributed by atoms with van der Waals surface area (Å²) in [7, 11) is 0. The van der Waals surface area contributed by atoms with E-state index in [9.17, 15) is 9.47 Å². The van der Waals surface area contributed by atoms with E-state index in [1.165, 1.54) is 6.33 Å². The number of benzene rings is 1. The van der Waals surface area contributed by atoms with Gasteiger partial charge in [0.1, 0.15) is 24.0 Å². The van der Waals surface area contributed by atoms with E-state index in [1.807, 2.05) is 12.1 Å². The zero-order valence-electron chi connectivity index (χ0n) is 16.7. The second-order valence-corrected chi connectivity index (χ2v) is 8.14. The van der Waals surface area contributed by atoms with Crippen molar-refractivity contribution in [2.75, 3.05) is 36.8 Å². The van der Waals surface area contributed by atoms with Gasteiger partial charge < -0.3 is 15.2 Å². The van der Waals surface area contributed by atoms with Crippen molar-refractivity contribution < 1.29 is 8.76 Å². The number of nitriles is 1. The molecule has 0 bridgehead atoms. The van der Waals surface area contributed by atoms with Crippen LogP contribution >= 0.6 is 0 Å². The van der Waals surface area contributed by atoms with Gasteiger partial charge in [-0.05, 0) is 11.1 Å². The molecule has 0 spiro atoms. The first kappa shape index (κ1) is 20.9. The molecule has 2 atom stereocenters. The minimum absolute atomic E-state index is 0.0806. The van der Waals surface area contributed by atoms with Gasteiger partial charge >= 0.3 is 0 Å². The molecule has 2 aromatic heterocycles. The van der Waals surface area contributed by atoms with E-state index in [1.54, 1.807) is 24.5 Å². The van der Waals surface area contributed by atoms with Crippen molar-refractivity contribution in [3.63, 3.8) is 0 Å². The van der Waals surface area contributed by atoms with Crippen molar-refractivity contribution in [1.29, 1.82) is 5.26 Å². The fraction of sp³-hybridized carbons (Fsp3) is 0.300. The number of nitrogens with two attached hydrogens (primary N) is 1. The van der Waals surface area contributed by atoms with Crippen LogP contribution in [0.1, 0.15) is 17.2 Å². The van der Waals surface area contributed by atoms with Crippen molar-refractivity contribution in [2.45, 2.75) is 11.8 Å². The van der Waals surface area contributed by atoms with Gasteiger partial charge in [-0.1, -0.05) is 24.3 Å². The van der Waals surface area contributed by atoms with Crippen LogP contribution in [0, 0.1) is 11.3 Å². The number of nitrogens with one attached hydrogen (secondary N) is 1. The number of rotatable bonds is 6. The predicted molar refractivity (Wildman–Crippen MR) is 117 cm³/mol. The van der Waals surface area contributed by atoms with E-state index in [-0.39, 0.29) is 11.8 Å². The summed E-state index contributed by atoms with van der Waals surface area (Å²) >= 11 is -1.88.